The number of halogens is 2. The highest BCUT2D eigenvalue weighted by molar-refractivity contribution is 5.67. The van der Waals surface area contributed by atoms with Gasteiger partial charge in [-0.05, 0) is 66.1 Å². The van der Waals surface area contributed by atoms with Gasteiger partial charge in [0.1, 0.15) is 17.3 Å². The van der Waals surface area contributed by atoms with Crippen molar-refractivity contribution < 1.29 is 8.78 Å². The van der Waals surface area contributed by atoms with Gasteiger partial charge in [0.05, 0.1) is 0 Å². The monoisotopic (exact) mass is 413 g/mol. The summed E-state index contributed by atoms with van der Waals surface area (Å²) in [5.41, 5.74) is 8.71. The van der Waals surface area contributed by atoms with Gasteiger partial charge in [0, 0.05) is 23.1 Å². The summed E-state index contributed by atoms with van der Waals surface area (Å²) in [7, 11) is 0. The van der Waals surface area contributed by atoms with Gasteiger partial charge in [0.15, 0.2) is 0 Å². The first-order valence-electron chi connectivity index (χ1n) is 10.5. The van der Waals surface area contributed by atoms with E-state index in [4.69, 9.17) is 5.73 Å². The Balaban J connectivity index is 1.63. The van der Waals surface area contributed by atoms with Gasteiger partial charge in [-0.25, -0.2) is 8.78 Å². The summed E-state index contributed by atoms with van der Waals surface area (Å²) in [6.07, 6.45) is 5.85. The lowest BCUT2D eigenvalue weighted by atomic mass is 10.0. The van der Waals surface area contributed by atoms with Crippen LogP contribution >= 0.6 is 0 Å². The summed E-state index contributed by atoms with van der Waals surface area (Å²) in [5, 5.41) is 0. The fourth-order valence-electron chi connectivity index (χ4n) is 3.08. The molecule has 0 aliphatic heterocycles. The summed E-state index contributed by atoms with van der Waals surface area (Å²) in [6.45, 7) is 2.21. The largest absolute Gasteiger partial charge is 0.394 e. The van der Waals surface area contributed by atoms with E-state index < -0.39 is 17.3 Å². The van der Waals surface area contributed by atoms with Crippen LogP contribution < -0.4 is 5.73 Å². The van der Waals surface area contributed by atoms with Crippen molar-refractivity contribution in [3.63, 3.8) is 0 Å². The van der Waals surface area contributed by atoms with Gasteiger partial charge >= 0.3 is 0 Å². The molecule has 3 rings (SSSR count). The number of anilines is 1. The molecule has 1 nitrogen and oxygen atoms in total. The number of rotatable bonds is 5. The van der Waals surface area contributed by atoms with Gasteiger partial charge in [-0.1, -0.05) is 62.0 Å². The standard InChI is InChI=1S/C28H25F2N/c1-2-3-4-5-6-7-8-21-9-11-22(12-10-21)13-14-23-15-17-24(18-16-23)25-19-26(29)28(31)27(30)20-25/h9-12,15-20H,2-6,31H2,1H3. The number of hydrogen-bond donors (Lipinski definition) is 1. The minimum absolute atomic E-state index is 0.436. The van der Waals surface area contributed by atoms with E-state index in [-0.39, 0.29) is 0 Å². The average Bonchev–Trinajstić information content (AvgIpc) is 2.79. The summed E-state index contributed by atoms with van der Waals surface area (Å²) in [6, 6.07) is 17.6. The van der Waals surface area contributed by atoms with Gasteiger partial charge in [-0.3, -0.25) is 0 Å². The van der Waals surface area contributed by atoms with Crippen molar-refractivity contribution in [2.75, 3.05) is 5.73 Å². The first-order valence-corrected chi connectivity index (χ1v) is 10.5. The molecule has 0 aliphatic carbocycles. The van der Waals surface area contributed by atoms with Crippen LogP contribution in [-0.2, 0) is 0 Å². The van der Waals surface area contributed by atoms with Crippen LogP contribution in [0.4, 0.5) is 14.5 Å². The third-order valence-corrected chi connectivity index (χ3v) is 4.92. The molecular formula is C28H25F2N. The maximum absolute atomic E-state index is 13.7. The molecule has 0 bridgehead atoms. The van der Waals surface area contributed by atoms with Crippen molar-refractivity contribution in [3.05, 3.63) is 89.0 Å². The molecule has 0 atom stereocenters. The Morgan fingerprint density at radius 1 is 0.677 bits per heavy atom. The first kappa shape index (κ1) is 22.1. The highest BCUT2D eigenvalue weighted by Gasteiger charge is 2.08. The van der Waals surface area contributed by atoms with Crippen LogP contribution in [-0.4, -0.2) is 0 Å². The predicted molar refractivity (Wildman–Crippen MR) is 124 cm³/mol. The van der Waals surface area contributed by atoms with Gasteiger partial charge < -0.3 is 5.73 Å². The zero-order chi connectivity index (χ0) is 22.1. The van der Waals surface area contributed by atoms with E-state index in [1.807, 2.05) is 36.4 Å². The Hall–Kier alpha value is -3.56. The Morgan fingerprint density at radius 2 is 1.19 bits per heavy atom. The second-order valence-electron chi connectivity index (χ2n) is 7.37. The lowest BCUT2D eigenvalue weighted by Crippen LogP contribution is -1.96. The predicted octanol–water partition coefficient (Wildman–Crippen LogP) is 6.94. The summed E-state index contributed by atoms with van der Waals surface area (Å²) in [5.74, 6) is 11.1. The molecule has 0 saturated carbocycles. The van der Waals surface area contributed by atoms with Crippen LogP contribution in [0.5, 0.6) is 0 Å². The van der Waals surface area contributed by atoms with E-state index in [0.29, 0.717) is 11.1 Å². The van der Waals surface area contributed by atoms with Gasteiger partial charge in [0.2, 0.25) is 0 Å². The number of benzene rings is 3. The van der Waals surface area contributed by atoms with Crippen LogP contribution in [0.1, 0.15) is 55.7 Å². The third kappa shape index (κ3) is 6.46. The number of nitrogen functional groups attached to an aromatic ring is 1. The third-order valence-electron chi connectivity index (χ3n) is 4.92. The molecule has 0 spiro atoms. The van der Waals surface area contributed by atoms with Gasteiger partial charge in [-0.2, -0.15) is 0 Å². The fraction of sp³-hybridized carbons (Fsp3) is 0.214. The van der Waals surface area contributed by atoms with Crippen molar-refractivity contribution >= 4 is 5.69 Å². The van der Waals surface area contributed by atoms with E-state index in [1.165, 1.54) is 31.4 Å². The maximum Gasteiger partial charge on any atom is 0.149 e. The summed E-state index contributed by atoms with van der Waals surface area (Å²) in [4.78, 5) is 0. The maximum atomic E-state index is 13.7. The average molecular weight is 414 g/mol. The molecular weight excluding hydrogens is 388 g/mol. The Morgan fingerprint density at radius 3 is 1.74 bits per heavy atom. The molecule has 0 unspecified atom stereocenters. The molecule has 3 aromatic rings. The Bertz CT molecular complexity index is 1120. The van der Waals surface area contributed by atoms with Crippen LogP contribution in [0.2, 0.25) is 0 Å². The summed E-state index contributed by atoms with van der Waals surface area (Å²) < 4.78 is 27.4. The smallest absolute Gasteiger partial charge is 0.149 e. The van der Waals surface area contributed by atoms with Crippen molar-refractivity contribution in [3.8, 4) is 34.8 Å². The molecule has 156 valence electrons. The van der Waals surface area contributed by atoms with E-state index in [1.54, 1.807) is 12.1 Å². The summed E-state index contributed by atoms with van der Waals surface area (Å²) >= 11 is 0. The molecule has 0 fully saturated rings. The van der Waals surface area contributed by atoms with E-state index in [2.05, 4.69) is 30.6 Å². The zero-order valence-electron chi connectivity index (χ0n) is 17.6. The van der Waals surface area contributed by atoms with Gasteiger partial charge in [-0.15, -0.1) is 0 Å². The van der Waals surface area contributed by atoms with E-state index in [9.17, 15) is 8.78 Å². The Labute approximate surface area is 183 Å². The van der Waals surface area contributed by atoms with E-state index >= 15 is 0 Å². The lowest BCUT2D eigenvalue weighted by Gasteiger charge is -2.05. The molecule has 0 aliphatic rings. The van der Waals surface area contributed by atoms with Crippen LogP contribution in [0.25, 0.3) is 11.1 Å². The molecule has 0 heterocycles. The molecule has 31 heavy (non-hydrogen) atoms. The molecule has 0 radical (unpaired) electrons. The van der Waals surface area contributed by atoms with Crippen molar-refractivity contribution in [2.24, 2.45) is 0 Å². The minimum atomic E-state index is -0.761. The highest BCUT2D eigenvalue weighted by atomic mass is 19.1. The lowest BCUT2D eigenvalue weighted by molar-refractivity contribution is 0.592. The van der Waals surface area contributed by atoms with Crippen molar-refractivity contribution in [1.29, 1.82) is 0 Å². The van der Waals surface area contributed by atoms with Crippen molar-refractivity contribution in [1.82, 2.24) is 0 Å². The highest BCUT2D eigenvalue weighted by Crippen LogP contribution is 2.25. The zero-order valence-corrected chi connectivity index (χ0v) is 17.6. The number of hydrogen-bond acceptors (Lipinski definition) is 1. The fourth-order valence-corrected chi connectivity index (χ4v) is 3.08. The molecule has 0 aromatic heterocycles. The van der Waals surface area contributed by atoms with Crippen LogP contribution in [0, 0.1) is 35.3 Å². The molecule has 3 heteroatoms. The van der Waals surface area contributed by atoms with Gasteiger partial charge in [0.25, 0.3) is 0 Å². The number of nitrogens with two attached hydrogens (primary N) is 1. The second-order valence-corrected chi connectivity index (χ2v) is 7.37. The molecule has 3 aromatic carbocycles. The SMILES string of the molecule is CCCCCCC#Cc1ccc(C#Cc2ccc(-c3cc(F)c(N)c(F)c3)cc2)cc1. The topological polar surface area (TPSA) is 26.0 Å². The Kier molecular flexibility index (Phi) is 7.85. The molecule has 0 saturated heterocycles. The van der Waals surface area contributed by atoms with E-state index in [0.717, 1.165) is 29.5 Å². The normalized spacial score (nSPS) is 10.0. The van der Waals surface area contributed by atoms with Crippen LogP contribution in [0.3, 0.4) is 0 Å². The quantitative estimate of drug-likeness (QED) is 0.274. The van der Waals surface area contributed by atoms with Crippen molar-refractivity contribution in [2.45, 2.75) is 39.0 Å². The first-order chi connectivity index (χ1) is 15.1. The molecule has 0 amide bonds. The minimum Gasteiger partial charge on any atom is -0.394 e. The second kappa shape index (κ2) is 11.0. The van der Waals surface area contributed by atoms with Crippen LogP contribution in [0.15, 0.2) is 60.7 Å². The number of unbranched alkanes of at least 4 members (excludes halogenated alkanes) is 4. The molecule has 2 N–H and O–H groups in total.